The largest absolute Gasteiger partial charge is 0.459 e. The second kappa shape index (κ2) is 8.14. The summed E-state index contributed by atoms with van der Waals surface area (Å²) in [7, 11) is 0. The summed E-state index contributed by atoms with van der Waals surface area (Å²) < 4.78 is 10.5. The van der Waals surface area contributed by atoms with Gasteiger partial charge in [-0.15, -0.1) is 0 Å². The summed E-state index contributed by atoms with van der Waals surface area (Å²) in [6.45, 7) is 12.4. The molecule has 0 bridgehead atoms. The summed E-state index contributed by atoms with van der Waals surface area (Å²) in [5.41, 5.74) is -2.81. The Bertz CT molecular complexity index is 489. The van der Waals surface area contributed by atoms with Crippen LogP contribution in [0.15, 0.2) is 12.2 Å². The Balaban J connectivity index is 5.40. The number of unbranched alkanes of at least 4 members (excludes halogenated alkanes) is 1. The molecule has 0 aromatic heterocycles. The van der Waals surface area contributed by atoms with Gasteiger partial charge in [0.2, 0.25) is 0 Å². The number of rotatable bonds is 6. The zero-order chi connectivity index (χ0) is 18.3. The maximum Gasteiger partial charge on any atom is 0.331 e. The average Bonchev–Trinajstić information content (AvgIpc) is 2.35. The number of carbonyl (C=O) groups is 2. The van der Waals surface area contributed by atoms with Crippen LogP contribution in [-0.2, 0) is 19.1 Å². The van der Waals surface area contributed by atoms with Crippen molar-refractivity contribution in [1.82, 2.24) is 0 Å². The Morgan fingerprint density at radius 3 is 1.96 bits per heavy atom. The van der Waals surface area contributed by atoms with Crippen molar-refractivity contribution in [3.63, 3.8) is 0 Å². The number of nitriles is 1. The minimum atomic E-state index is -1.47. The van der Waals surface area contributed by atoms with E-state index in [0.717, 1.165) is 12.5 Å². The fourth-order valence-electron chi connectivity index (χ4n) is 1.76. The first-order valence-electron chi connectivity index (χ1n) is 7.92. The van der Waals surface area contributed by atoms with Crippen molar-refractivity contribution in [2.24, 2.45) is 5.41 Å². The number of nitrogens with zero attached hydrogens (tertiary/aromatic N) is 1. The van der Waals surface area contributed by atoms with Crippen LogP contribution in [0.2, 0.25) is 0 Å². The molecule has 0 heterocycles. The van der Waals surface area contributed by atoms with Gasteiger partial charge >= 0.3 is 11.9 Å². The number of ether oxygens (including phenoxy) is 2. The van der Waals surface area contributed by atoms with Crippen LogP contribution in [0, 0.1) is 16.7 Å². The molecule has 0 saturated heterocycles. The standard InChI is InChI=1S/C18H29NO4/c1-8-9-11-18(13-19,15(21)23-17(5,6)7)12-10-14(20)22-16(2,3)4/h10,12H,8-9,11H2,1-7H3/b12-10+. The van der Waals surface area contributed by atoms with Gasteiger partial charge in [-0.1, -0.05) is 19.8 Å². The Labute approximate surface area is 139 Å². The van der Waals surface area contributed by atoms with E-state index in [-0.39, 0.29) is 0 Å². The summed E-state index contributed by atoms with van der Waals surface area (Å²) in [6, 6.07) is 2.02. The third kappa shape index (κ3) is 8.39. The molecule has 0 amide bonds. The predicted octanol–water partition coefficient (Wildman–Crippen LogP) is 3.93. The molecular weight excluding hydrogens is 294 g/mol. The third-order valence-corrected chi connectivity index (χ3v) is 2.80. The van der Waals surface area contributed by atoms with Crippen LogP contribution in [0.5, 0.6) is 0 Å². The molecule has 0 aliphatic carbocycles. The molecule has 1 unspecified atom stereocenters. The Kier molecular flexibility index (Phi) is 7.50. The van der Waals surface area contributed by atoms with E-state index in [1.807, 2.05) is 13.0 Å². The molecule has 1 atom stereocenters. The first-order valence-corrected chi connectivity index (χ1v) is 7.92. The Morgan fingerprint density at radius 1 is 1.04 bits per heavy atom. The van der Waals surface area contributed by atoms with Gasteiger partial charge in [-0.2, -0.15) is 5.26 Å². The van der Waals surface area contributed by atoms with E-state index < -0.39 is 28.6 Å². The molecule has 0 rings (SSSR count). The van der Waals surface area contributed by atoms with Crippen LogP contribution in [0.4, 0.5) is 0 Å². The van der Waals surface area contributed by atoms with Crippen LogP contribution >= 0.6 is 0 Å². The molecule has 0 N–H and O–H groups in total. The van der Waals surface area contributed by atoms with Crippen molar-refractivity contribution in [1.29, 1.82) is 5.26 Å². The van der Waals surface area contributed by atoms with Crippen LogP contribution in [0.1, 0.15) is 67.7 Å². The highest BCUT2D eigenvalue weighted by Gasteiger charge is 2.39. The topological polar surface area (TPSA) is 76.4 Å². The molecule has 0 aromatic rings. The van der Waals surface area contributed by atoms with Gasteiger partial charge < -0.3 is 9.47 Å². The van der Waals surface area contributed by atoms with E-state index in [1.54, 1.807) is 41.5 Å². The zero-order valence-electron chi connectivity index (χ0n) is 15.4. The monoisotopic (exact) mass is 323 g/mol. The molecule has 5 nitrogen and oxygen atoms in total. The van der Waals surface area contributed by atoms with Gasteiger partial charge in [-0.05, 0) is 54.0 Å². The van der Waals surface area contributed by atoms with Gasteiger partial charge in [0.25, 0.3) is 0 Å². The van der Waals surface area contributed by atoms with Crippen molar-refractivity contribution < 1.29 is 19.1 Å². The lowest BCUT2D eigenvalue weighted by atomic mass is 9.83. The molecule has 0 aliphatic heterocycles. The van der Waals surface area contributed by atoms with Gasteiger partial charge in [0, 0.05) is 6.08 Å². The lowest BCUT2D eigenvalue weighted by Gasteiger charge is -2.27. The lowest BCUT2D eigenvalue weighted by molar-refractivity contribution is -0.162. The van der Waals surface area contributed by atoms with Crippen molar-refractivity contribution in [3.8, 4) is 6.07 Å². The first-order chi connectivity index (χ1) is 10.4. The normalized spacial score (nSPS) is 14.9. The van der Waals surface area contributed by atoms with Gasteiger partial charge in [0.05, 0.1) is 6.07 Å². The van der Waals surface area contributed by atoms with Crippen LogP contribution in [0.3, 0.4) is 0 Å². The van der Waals surface area contributed by atoms with Gasteiger partial charge in [-0.3, -0.25) is 0 Å². The Hall–Kier alpha value is -1.83. The van der Waals surface area contributed by atoms with Crippen molar-refractivity contribution in [2.75, 3.05) is 0 Å². The average molecular weight is 323 g/mol. The maximum atomic E-state index is 12.5. The molecule has 0 saturated carbocycles. The first kappa shape index (κ1) is 21.2. The van der Waals surface area contributed by atoms with E-state index in [4.69, 9.17) is 9.47 Å². The van der Waals surface area contributed by atoms with E-state index in [9.17, 15) is 14.9 Å². The summed E-state index contributed by atoms with van der Waals surface area (Å²) >= 11 is 0. The summed E-state index contributed by atoms with van der Waals surface area (Å²) in [6.07, 6.45) is 4.25. The minimum absolute atomic E-state index is 0.300. The molecule has 23 heavy (non-hydrogen) atoms. The molecule has 0 aromatic carbocycles. The van der Waals surface area contributed by atoms with E-state index in [0.29, 0.717) is 12.8 Å². The van der Waals surface area contributed by atoms with Gasteiger partial charge in [-0.25, -0.2) is 9.59 Å². The maximum absolute atomic E-state index is 12.5. The van der Waals surface area contributed by atoms with E-state index >= 15 is 0 Å². The zero-order valence-corrected chi connectivity index (χ0v) is 15.4. The van der Waals surface area contributed by atoms with Crippen LogP contribution in [-0.4, -0.2) is 23.1 Å². The molecular formula is C18H29NO4. The van der Waals surface area contributed by atoms with Crippen LogP contribution in [0.25, 0.3) is 0 Å². The fraction of sp³-hybridized carbons (Fsp3) is 0.722. The highest BCUT2D eigenvalue weighted by Crippen LogP contribution is 2.30. The van der Waals surface area contributed by atoms with E-state index in [2.05, 4.69) is 0 Å². The summed E-state index contributed by atoms with van der Waals surface area (Å²) in [5.74, 6) is -1.22. The summed E-state index contributed by atoms with van der Waals surface area (Å²) in [4.78, 5) is 24.3. The molecule has 0 aliphatic rings. The second-order valence-electron chi connectivity index (χ2n) is 7.56. The van der Waals surface area contributed by atoms with Crippen molar-refractivity contribution in [3.05, 3.63) is 12.2 Å². The van der Waals surface area contributed by atoms with E-state index in [1.165, 1.54) is 6.08 Å². The molecule has 0 spiro atoms. The second-order valence-corrected chi connectivity index (χ2v) is 7.56. The molecule has 0 fully saturated rings. The summed E-state index contributed by atoms with van der Waals surface area (Å²) in [5, 5.41) is 9.56. The highest BCUT2D eigenvalue weighted by atomic mass is 16.6. The van der Waals surface area contributed by atoms with Gasteiger partial charge in [0.1, 0.15) is 11.2 Å². The smallest absolute Gasteiger partial charge is 0.331 e. The SMILES string of the molecule is CCCCC(C#N)(/C=C/C(=O)OC(C)(C)C)C(=O)OC(C)(C)C. The number of esters is 2. The number of hydrogen-bond donors (Lipinski definition) is 0. The minimum Gasteiger partial charge on any atom is -0.459 e. The Morgan fingerprint density at radius 2 is 1.57 bits per heavy atom. The third-order valence-electron chi connectivity index (χ3n) is 2.80. The molecule has 5 heteroatoms. The molecule has 0 radical (unpaired) electrons. The number of carbonyl (C=O) groups excluding carboxylic acids is 2. The van der Waals surface area contributed by atoms with Crippen molar-refractivity contribution in [2.45, 2.75) is 78.9 Å². The van der Waals surface area contributed by atoms with Gasteiger partial charge in [0.15, 0.2) is 5.41 Å². The van der Waals surface area contributed by atoms with Crippen LogP contribution < -0.4 is 0 Å². The predicted molar refractivity (Wildman–Crippen MR) is 88.4 cm³/mol. The molecule has 130 valence electrons. The lowest BCUT2D eigenvalue weighted by Crippen LogP contribution is -2.36. The fourth-order valence-corrected chi connectivity index (χ4v) is 1.76. The van der Waals surface area contributed by atoms with Crippen molar-refractivity contribution >= 4 is 11.9 Å². The number of hydrogen-bond acceptors (Lipinski definition) is 5. The quantitative estimate of drug-likeness (QED) is 0.547. The highest BCUT2D eigenvalue weighted by molar-refractivity contribution is 5.87.